The van der Waals surface area contributed by atoms with Crippen molar-refractivity contribution in [2.45, 2.75) is 0 Å². The second kappa shape index (κ2) is 4.62. The third-order valence-electron chi connectivity index (χ3n) is 2.02. The van der Waals surface area contributed by atoms with Crippen molar-refractivity contribution in [3.05, 3.63) is 48.8 Å². The summed E-state index contributed by atoms with van der Waals surface area (Å²) in [6.07, 6.45) is 3.51. The van der Waals surface area contributed by atoms with E-state index in [1.54, 1.807) is 18.5 Å². The summed E-state index contributed by atoms with van der Waals surface area (Å²) < 4.78 is 4.88. The van der Waals surface area contributed by atoms with Crippen molar-refractivity contribution in [2.24, 2.45) is 0 Å². The van der Waals surface area contributed by atoms with Gasteiger partial charge in [0.25, 0.3) is 0 Å². The topological polar surface area (TPSA) is 42.4 Å². The molecular weight excluding hydrogens is 189 g/mol. The van der Waals surface area contributed by atoms with E-state index in [1.165, 1.54) is 0 Å². The molecule has 4 heteroatoms. The highest BCUT2D eigenvalue weighted by molar-refractivity contribution is 6.17. The first-order valence-electron chi connectivity index (χ1n) is 4.53. The van der Waals surface area contributed by atoms with Crippen LogP contribution in [0, 0.1) is 0 Å². The van der Waals surface area contributed by atoms with Gasteiger partial charge in [-0.05, 0) is 23.8 Å². The van der Waals surface area contributed by atoms with Crippen molar-refractivity contribution < 1.29 is 9.68 Å². The Morgan fingerprint density at radius 1 is 1.13 bits per heavy atom. The molecule has 1 N–H and O–H groups in total. The summed E-state index contributed by atoms with van der Waals surface area (Å²) in [6.45, 7) is 0. The maximum atomic E-state index is 8.52. The van der Waals surface area contributed by atoms with Crippen LogP contribution in [0.5, 0.6) is 5.75 Å². The molecule has 0 atom stereocenters. The fourth-order valence-corrected chi connectivity index (χ4v) is 1.34. The van der Waals surface area contributed by atoms with E-state index in [0.29, 0.717) is 13.4 Å². The average Bonchev–Trinajstić information content (AvgIpc) is 2.31. The molecule has 2 aromatic rings. The molecule has 0 fully saturated rings. The zero-order valence-electron chi connectivity index (χ0n) is 8.00. The molecule has 1 radical (unpaired) electrons. The Labute approximate surface area is 88.7 Å². The maximum Gasteiger partial charge on any atom is 0.569 e. The molecule has 0 saturated carbocycles. The smallest absolute Gasteiger partial charge is 0.537 e. The number of hydrogen-bond acceptors (Lipinski definition) is 3. The first-order chi connectivity index (χ1) is 7.40. The lowest BCUT2D eigenvalue weighted by atomic mass is 10.1. The lowest BCUT2D eigenvalue weighted by Crippen LogP contribution is -1.99. The molecule has 1 aromatic carbocycles. The number of benzene rings is 1. The zero-order chi connectivity index (χ0) is 10.5. The third kappa shape index (κ3) is 2.36. The van der Waals surface area contributed by atoms with Gasteiger partial charge in [-0.3, -0.25) is 4.98 Å². The number of hydrogen-bond donors (Lipinski definition) is 1. The van der Waals surface area contributed by atoms with E-state index < -0.39 is 0 Å². The number of aromatic nitrogens is 1. The lowest BCUT2D eigenvalue weighted by Gasteiger charge is -2.04. The normalized spacial score (nSPS) is 9.67. The van der Waals surface area contributed by atoms with E-state index in [2.05, 4.69) is 4.98 Å². The van der Waals surface area contributed by atoms with Crippen molar-refractivity contribution in [1.82, 2.24) is 4.98 Å². The minimum Gasteiger partial charge on any atom is -0.537 e. The summed E-state index contributed by atoms with van der Waals surface area (Å²) in [5.74, 6) is 0.596. The summed E-state index contributed by atoms with van der Waals surface area (Å²) >= 11 is 0. The SMILES string of the molecule is O[B]Oc1cccc(-c2cccnc2)c1. The standard InChI is InChI=1S/C11H9BNO2/c14-12-15-11-5-1-3-9(7-11)10-4-2-6-13-8-10/h1-8,14H. The summed E-state index contributed by atoms with van der Waals surface area (Å²) in [4.78, 5) is 4.04. The Morgan fingerprint density at radius 2 is 2.00 bits per heavy atom. The van der Waals surface area contributed by atoms with Crippen LogP contribution >= 0.6 is 0 Å². The fourth-order valence-electron chi connectivity index (χ4n) is 1.34. The molecule has 1 heterocycles. The molecule has 2 rings (SSSR count). The monoisotopic (exact) mass is 198 g/mol. The van der Waals surface area contributed by atoms with Crippen LogP contribution in [0.3, 0.4) is 0 Å². The van der Waals surface area contributed by atoms with E-state index in [-0.39, 0.29) is 0 Å². The molecule has 0 bridgehead atoms. The largest absolute Gasteiger partial charge is 0.569 e. The predicted molar refractivity (Wildman–Crippen MR) is 58.3 cm³/mol. The van der Waals surface area contributed by atoms with Gasteiger partial charge in [-0.1, -0.05) is 18.2 Å². The average molecular weight is 198 g/mol. The van der Waals surface area contributed by atoms with Gasteiger partial charge < -0.3 is 9.68 Å². The molecule has 73 valence electrons. The van der Waals surface area contributed by atoms with Crippen molar-refractivity contribution in [3.63, 3.8) is 0 Å². The van der Waals surface area contributed by atoms with Crippen LogP contribution in [-0.2, 0) is 0 Å². The van der Waals surface area contributed by atoms with Crippen LogP contribution in [0.15, 0.2) is 48.8 Å². The Morgan fingerprint density at radius 3 is 2.73 bits per heavy atom. The van der Waals surface area contributed by atoms with Gasteiger partial charge in [0.15, 0.2) is 0 Å². The molecule has 0 amide bonds. The minimum atomic E-state index is 0.596. The quantitative estimate of drug-likeness (QED) is 0.762. The van der Waals surface area contributed by atoms with E-state index >= 15 is 0 Å². The summed E-state index contributed by atoms with van der Waals surface area (Å²) in [7, 11) is 0.669. The van der Waals surface area contributed by atoms with Gasteiger partial charge in [0.1, 0.15) is 5.75 Å². The van der Waals surface area contributed by atoms with Crippen molar-refractivity contribution >= 4 is 7.69 Å². The highest BCUT2D eigenvalue weighted by Gasteiger charge is 1.99. The van der Waals surface area contributed by atoms with Gasteiger partial charge in [-0.25, -0.2) is 0 Å². The van der Waals surface area contributed by atoms with Gasteiger partial charge >= 0.3 is 7.69 Å². The lowest BCUT2D eigenvalue weighted by molar-refractivity contribution is 0.454. The third-order valence-corrected chi connectivity index (χ3v) is 2.02. The van der Waals surface area contributed by atoms with E-state index in [9.17, 15) is 0 Å². The fraction of sp³-hybridized carbons (Fsp3) is 0. The number of pyridine rings is 1. The first-order valence-corrected chi connectivity index (χ1v) is 4.53. The molecule has 0 aliphatic rings. The van der Waals surface area contributed by atoms with Crippen LogP contribution in [0.2, 0.25) is 0 Å². The van der Waals surface area contributed by atoms with Crippen molar-refractivity contribution in [3.8, 4) is 16.9 Å². The Bertz CT molecular complexity index is 434. The van der Waals surface area contributed by atoms with Crippen LogP contribution in [0.4, 0.5) is 0 Å². The molecular formula is C11H9BNO2. The highest BCUT2D eigenvalue weighted by atomic mass is 16.5. The minimum absolute atomic E-state index is 0.596. The van der Waals surface area contributed by atoms with Crippen molar-refractivity contribution in [2.75, 3.05) is 0 Å². The van der Waals surface area contributed by atoms with Crippen molar-refractivity contribution in [1.29, 1.82) is 0 Å². The maximum absolute atomic E-state index is 8.52. The second-order valence-electron chi connectivity index (χ2n) is 2.99. The van der Waals surface area contributed by atoms with Crippen LogP contribution in [0.25, 0.3) is 11.1 Å². The number of nitrogens with zero attached hydrogens (tertiary/aromatic N) is 1. The highest BCUT2D eigenvalue weighted by Crippen LogP contribution is 2.22. The molecule has 0 unspecified atom stereocenters. The molecule has 0 aliphatic heterocycles. The summed E-state index contributed by atoms with van der Waals surface area (Å²) in [6, 6.07) is 11.3. The van der Waals surface area contributed by atoms with Gasteiger partial charge in [-0.15, -0.1) is 0 Å². The van der Waals surface area contributed by atoms with Crippen LogP contribution in [0.1, 0.15) is 0 Å². The molecule has 0 saturated heterocycles. The van der Waals surface area contributed by atoms with Gasteiger partial charge in [0.2, 0.25) is 0 Å². The van der Waals surface area contributed by atoms with Crippen LogP contribution in [-0.4, -0.2) is 17.7 Å². The Balaban J connectivity index is 2.33. The zero-order valence-corrected chi connectivity index (χ0v) is 8.00. The second-order valence-corrected chi connectivity index (χ2v) is 2.99. The Kier molecular flexibility index (Phi) is 3.00. The summed E-state index contributed by atoms with van der Waals surface area (Å²) in [5.41, 5.74) is 2.02. The van der Waals surface area contributed by atoms with Gasteiger partial charge in [-0.2, -0.15) is 0 Å². The molecule has 3 nitrogen and oxygen atoms in total. The van der Waals surface area contributed by atoms with E-state index in [4.69, 9.17) is 9.68 Å². The molecule has 1 aromatic heterocycles. The molecule has 0 aliphatic carbocycles. The van der Waals surface area contributed by atoms with E-state index in [0.717, 1.165) is 11.1 Å². The first kappa shape index (κ1) is 9.74. The molecule has 0 spiro atoms. The summed E-state index contributed by atoms with van der Waals surface area (Å²) in [5, 5.41) is 8.52. The predicted octanol–water partition coefficient (Wildman–Crippen LogP) is 1.65. The molecule has 15 heavy (non-hydrogen) atoms. The van der Waals surface area contributed by atoms with E-state index in [1.807, 2.05) is 30.3 Å². The van der Waals surface area contributed by atoms with Crippen LogP contribution < -0.4 is 4.65 Å². The van der Waals surface area contributed by atoms with Gasteiger partial charge in [0.05, 0.1) is 0 Å². The number of rotatable bonds is 3. The Hall–Kier alpha value is -1.81. The van der Waals surface area contributed by atoms with Gasteiger partial charge in [0, 0.05) is 18.0 Å².